The van der Waals surface area contributed by atoms with E-state index in [4.69, 9.17) is 10.2 Å². The van der Waals surface area contributed by atoms with Gasteiger partial charge in [0.1, 0.15) is 11.9 Å². The molecule has 0 radical (unpaired) electrons. The fourth-order valence-electron chi connectivity index (χ4n) is 1.42. The summed E-state index contributed by atoms with van der Waals surface area (Å²) in [6, 6.07) is 1.64. The summed E-state index contributed by atoms with van der Waals surface area (Å²) in [7, 11) is 0. The van der Waals surface area contributed by atoms with E-state index >= 15 is 0 Å². The molecule has 9 heteroatoms. The van der Waals surface area contributed by atoms with Gasteiger partial charge in [-0.3, -0.25) is 4.79 Å². The van der Waals surface area contributed by atoms with E-state index in [1.54, 1.807) is 0 Å². The first-order valence-corrected chi connectivity index (χ1v) is 6.56. The zero-order valence-corrected chi connectivity index (χ0v) is 12.2. The van der Waals surface area contributed by atoms with Crippen molar-refractivity contribution in [2.45, 2.75) is 18.9 Å². The molecular weight excluding hydrogens is 351 g/mol. The summed E-state index contributed by atoms with van der Waals surface area (Å²) < 4.78 is 13.5. The number of halogens is 2. The average Bonchev–Trinajstić information content (AvgIpc) is 2.38. The van der Waals surface area contributed by atoms with Crippen LogP contribution in [0.15, 0.2) is 22.7 Å². The number of hydrogen-bond acceptors (Lipinski definition) is 3. The van der Waals surface area contributed by atoms with E-state index in [0.29, 0.717) is 0 Å². The van der Waals surface area contributed by atoms with E-state index in [1.807, 2.05) is 0 Å². The van der Waals surface area contributed by atoms with Crippen LogP contribution >= 0.6 is 15.9 Å². The maximum atomic E-state index is 13.3. The Balaban J connectivity index is 2.62. The van der Waals surface area contributed by atoms with Gasteiger partial charge in [0.2, 0.25) is 0 Å². The number of carbonyl (C=O) groups is 3. The Kier molecular flexibility index (Phi) is 6.10. The number of anilines is 1. The summed E-state index contributed by atoms with van der Waals surface area (Å²) in [4.78, 5) is 32.9. The predicted octanol–water partition coefficient (Wildman–Crippen LogP) is 2.03. The van der Waals surface area contributed by atoms with Crippen LogP contribution in [0.1, 0.15) is 12.8 Å². The Labute approximate surface area is 127 Å². The van der Waals surface area contributed by atoms with E-state index < -0.39 is 36.2 Å². The summed E-state index contributed by atoms with van der Waals surface area (Å²) >= 11 is 2.95. The molecule has 1 rings (SSSR count). The maximum absolute atomic E-state index is 13.3. The lowest BCUT2D eigenvalue weighted by Crippen LogP contribution is -2.43. The molecule has 0 aromatic heterocycles. The number of benzene rings is 1. The van der Waals surface area contributed by atoms with Gasteiger partial charge in [-0.1, -0.05) is 0 Å². The Hall–Kier alpha value is -2.16. The molecule has 0 aliphatic heterocycles. The fraction of sp³-hybridized carbons (Fsp3) is 0.250. The van der Waals surface area contributed by atoms with Gasteiger partial charge in [0.05, 0.1) is 4.47 Å². The van der Waals surface area contributed by atoms with Crippen LogP contribution in [-0.4, -0.2) is 34.2 Å². The molecule has 2 amide bonds. The Morgan fingerprint density at radius 2 is 1.95 bits per heavy atom. The Morgan fingerprint density at radius 1 is 1.29 bits per heavy atom. The van der Waals surface area contributed by atoms with Gasteiger partial charge < -0.3 is 20.8 Å². The molecule has 1 aromatic rings. The minimum Gasteiger partial charge on any atom is -0.481 e. The second kappa shape index (κ2) is 7.58. The highest BCUT2D eigenvalue weighted by Crippen LogP contribution is 2.19. The lowest BCUT2D eigenvalue weighted by atomic mass is 10.1. The molecule has 1 atom stereocenters. The van der Waals surface area contributed by atoms with E-state index in [-0.39, 0.29) is 16.6 Å². The molecule has 0 bridgehead atoms. The van der Waals surface area contributed by atoms with Crippen LogP contribution in [0.4, 0.5) is 14.9 Å². The van der Waals surface area contributed by atoms with Crippen LogP contribution in [0, 0.1) is 5.82 Å². The van der Waals surface area contributed by atoms with Crippen LogP contribution in [0.3, 0.4) is 0 Å². The van der Waals surface area contributed by atoms with Crippen LogP contribution in [-0.2, 0) is 9.59 Å². The average molecular weight is 363 g/mol. The molecule has 0 saturated carbocycles. The van der Waals surface area contributed by atoms with Crippen molar-refractivity contribution in [2.75, 3.05) is 5.32 Å². The molecule has 114 valence electrons. The van der Waals surface area contributed by atoms with Crippen molar-refractivity contribution in [2.24, 2.45) is 0 Å². The number of carbonyl (C=O) groups excluding carboxylic acids is 1. The van der Waals surface area contributed by atoms with Crippen LogP contribution in [0.2, 0.25) is 0 Å². The van der Waals surface area contributed by atoms with Gasteiger partial charge in [-0.25, -0.2) is 14.0 Å². The molecular formula is C12H12BrFN2O5. The highest BCUT2D eigenvalue weighted by molar-refractivity contribution is 9.10. The number of carboxylic acid groups (broad SMARTS) is 2. The largest absolute Gasteiger partial charge is 0.481 e. The van der Waals surface area contributed by atoms with Gasteiger partial charge in [0.25, 0.3) is 0 Å². The third kappa shape index (κ3) is 5.78. The highest BCUT2D eigenvalue weighted by Gasteiger charge is 2.21. The molecule has 0 saturated heterocycles. The molecule has 0 spiro atoms. The maximum Gasteiger partial charge on any atom is 0.326 e. The third-order valence-corrected chi connectivity index (χ3v) is 3.07. The second-order valence-corrected chi connectivity index (χ2v) is 4.90. The number of amides is 2. The zero-order valence-electron chi connectivity index (χ0n) is 10.6. The van der Waals surface area contributed by atoms with Gasteiger partial charge in [0, 0.05) is 12.1 Å². The number of rotatable bonds is 6. The summed E-state index contributed by atoms with van der Waals surface area (Å²) in [5.41, 5.74) is 0.135. The van der Waals surface area contributed by atoms with Gasteiger partial charge in [0.15, 0.2) is 0 Å². The van der Waals surface area contributed by atoms with Crippen molar-refractivity contribution in [3.63, 3.8) is 0 Å². The summed E-state index contributed by atoms with van der Waals surface area (Å²) in [6.45, 7) is 0. The SMILES string of the molecule is O=C(O)CCC(NC(=O)Nc1ccc(Br)c(F)c1)C(=O)O. The van der Waals surface area contributed by atoms with Crippen molar-refractivity contribution < 1.29 is 29.0 Å². The number of aliphatic carboxylic acids is 2. The number of urea groups is 1. The summed E-state index contributed by atoms with van der Waals surface area (Å²) in [5, 5.41) is 21.8. The minimum absolute atomic E-state index is 0.135. The Bertz CT molecular complexity index is 567. The van der Waals surface area contributed by atoms with Gasteiger partial charge in [-0.2, -0.15) is 0 Å². The standard InChI is InChI=1S/C12H12BrFN2O5/c13-7-2-1-6(5-8(7)14)15-12(21)16-9(11(19)20)3-4-10(17)18/h1-2,5,9H,3-4H2,(H,17,18)(H,19,20)(H2,15,16,21). The summed E-state index contributed by atoms with van der Waals surface area (Å²) in [6.07, 6.45) is -0.656. The lowest BCUT2D eigenvalue weighted by Gasteiger charge is -2.14. The minimum atomic E-state index is -1.35. The smallest absolute Gasteiger partial charge is 0.326 e. The Morgan fingerprint density at radius 3 is 2.48 bits per heavy atom. The molecule has 1 aromatic carbocycles. The van der Waals surface area contributed by atoms with Crippen molar-refractivity contribution >= 4 is 39.6 Å². The lowest BCUT2D eigenvalue weighted by molar-refractivity contribution is -0.140. The molecule has 7 nitrogen and oxygen atoms in total. The number of carboxylic acids is 2. The molecule has 0 aliphatic carbocycles. The van der Waals surface area contributed by atoms with Crippen molar-refractivity contribution in [1.29, 1.82) is 0 Å². The quantitative estimate of drug-likeness (QED) is 0.617. The first kappa shape index (κ1) is 16.9. The number of nitrogens with one attached hydrogen (secondary N) is 2. The van der Waals surface area contributed by atoms with Crippen molar-refractivity contribution in [3.8, 4) is 0 Å². The molecule has 4 N–H and O–H groups in total. The van der Waals surface area contributed by atoms with Gasteiger partial charge in [-0.05, 0) is 40.5 Å². The number of hydrogen-bond donors (Lipinski definition) is 4. The zero-order chi connectivity index (χ0) is 16.0. The van der Waals surface area contributed by atoms with Gasteiger partial charge in [-0.15, -0.1) is 0 Å². The molecule has 0 heterocycles. The predicted molar refractivity (Wildman–Crippen MR) is 74.5 cm³/mol. The van der Waals surface area contributed by atoms with Crippen molar-refractivity contribution in [3.05, 3.63) is 28.5 Å². The highest BCUT2D eigenvalue weighted by atomic mass is 79.9. The normalized spacial score (nSPS) is 11.5. The van der Waals surface area contributed by atoms with Gasteiger partial charge >= 0.3 is 18.0 Å². The first-order valence-electron chi connectivity index (χ1n) is 5.76. The molecule has 1 unspecified atom stereocenters. The van der Waals surface area contributed by atoms with E-state index in [0.717, 1.165) is 6.07 Å². The van der Waals surface area contributed by atoms with E-state index in [9.17, 15) is 18.8 Å². The monoisotopic (exact) mass is 362 g/mol. The fourth-order valence-corrected chi connectivity index (χ4v) is 1.67. The van der Waals surface area contributed by atoms with Crippen molar-refractivity contribution in [1.82, 2.24) is 5.32 Å². The van der Waals surface area contributed by atoms with E-state index in [2.05, 4.69) is 26.6 Å². The first-order chi connectivity index (χ1) is 9.79. The summed E-state index contributed by atoms with van der Waals surface area (Å²) in [5.74, 6) is -3.11. The molecule has 0 fully saturated rings. The van der Waals surface area contributed by atoms with Crippen LogP contribution in [0.25, 0.3) is 0 Å². The second-order valence-electron chi connectivity index (χ2n) is 4.05. The third-order valence-electron chi connectivity index (χ3n) is 2.43. The van der Waals surface area contributed by atoms with Crippen LogP contribution in [0.5, 0.6) is 0 Å². The van der Waals surface area contributed by atoms with E-state index in [1.165, 1.54) is 12.1 Å². The van der Waals surface area contributed by atoms with Crippen LogP contribution < -0.4 is 10.6 Å². The molecule has 0 aliphatic rings. The topological polar surface area (TPSA) is 116 Å². The molecule has 21 heavy (non-hydrogen) atoms.